The van der Waals surface area contributed by atoms with Gasteiger partial charge in [-0.05, 0) is 55.3 Å². The number of nitrogens with zero attached hydrogens (tertiary/aromatic N) is 3. The van der Waals surface area contributed by atoms with Crippen LogP contribution in [0.2, 0.25) is 0 Å². The zero-order valence-corrected chi connectivity index (χ0v) is 24.5. The summed E-state index contributed by atoms with van der Waals surface area (Å²) in [5.74, 6) is -1.45. The van der Waals surface area contributed by atoms with Crippen LogP contribution in [0.25, 0.3) is 22.0 Å². The predicted octanol–water partition coefficient (Wildman–Crippen LogP) is 6.35. The summed E-state index contributed by atoms with van der Waals surface area (Å²) >= 11 is 3.56. The standard InChI is InChI=1S/C32H31BrN4O4/c1-3-36(4-2)23-13-10-20(11-14-23)27-19-26(35-37(27)28(38)16-17-29(39)40)31-30(21-8-6-5-7-9-21)24-18-22(33)12-15-25(24)34-32(31)41/h5-15,18,27H,3-4,16-17,19H2,1-2H3,(H,34,41)(H,39,40). The molecule has 4 aromatic rings. The van der Waals surface area contributed by atoms with Crippen LogP contribution < -0.4 is 10.5 Å². The number of aromatic amines is 1. The molecule has 2 heterocycles. The van der Waals surface area contributed by atoms with Gasteiger partial charge in [0.05, 0.1) is 23.7 Å². The van der Waals surface area contributed by atoms with E-state index in [1.165, 1.54) is 5.01 Å². The van der Waals surface area contributed by atoms with Crippen molar-refractivity contribution in [2.24, 2.45) is 5.10 Å². The number of anilines is 1. The number of carboxylic acid groups (broad SMARTS) is 1. The fourth-order valence-electron chi connectivity index (χ4n) is 5.42. The highest BCUT2D eigenvalue weighted by molar-refractivity contribution is 9.10. The summed E-state index contributed by atoms with van der Waals surface area (Å²) in [4.78, 5) is 43.5. The van der Waals surface area contributed by atoms with Crippen molar-refractivity contribution in [1.29, 1.82) is 0 Å². The number of hydrogen-bond donors (Lipinski definition) is 2. The van der Waals surface area contributed by atoms with E-state index in [9.17, 15) is 19.5 Å². The molecule has 0 saturated heterocycles. The molecule has 41 heavy (non-hydrogen) atoms. The van der Waals surface area contributed by atoms with E-state index in [1.54, 1.807) is 0 Å². The molecule has 0 bridgehead atoms. The molecule has 1 atom stereocenters. The average Bonchev–Trinajstić information content (AvgIpc) is 3.42. The normalized spacial score (nSPS) is 14.8. The van der Waals surface area contributed by atoms with Crippen LogP contribution in [0.1, 0.15) is 50.3 Å². The molecule has 1 aromatic heterocycles. The maximum Gasteiger partial charge on any atom is 0.303 e. The topological polar surface area (TPSA) is 106 Å². The summed E-state index contributed by atoms with van der Waals surface area (Å²) in [7, 11) is 0. The second-order valence-electron chi connectivity index (χ2n) is 9.92. The van der Waals surface area contributed by atoms with Gasteiger partial charge in [-0.3, -0.25) is 14.4 Å². The Kier molecular flexibility index (Phi) is 8.35. The van der Waals surface area contributed by atoms with Crippen molar-refractivity contribution in [1.82, 2.24) is 9.99 Å². The van der Waals surface area contributed by atoms with Gasteiger partial charge < -0.3 is 15.0 Å². The molecule has 1 aliphatic heterocycles. The Morgan fingerprint density at radius 3 is 2.37 bits per heavy atom. The number of H-pyrrole nitrogens is 1. The van der Waals surface area contributed by atoms with Crippen molar-refractivity contribution in [3.8, 4) is 11.1 Å². The molecule has 5 rings (SSSR count). The van der Waals surface area contributed by atoms with E-state index in [0.717, 1.165) is 45.3 Å². The maximum absolute atomic E-state index is 13.7. The lowest BCUT2D eigenvalue weighted by Crippen LogP contribution is -2.27. The van der Waals surface area contributed by atoms with Gasteiger partial charge in [0.15, 0.2) is 0 Å². The first-order chi connectivity index (χ1) is 19.8. The van der Waals surface area contributed by atoms with Gasteiger partial charge in [-0.1, -0.05) is 58.4 Å². The highest BCUT2D eigenvalue weighted by atomic mass is 79.9. The number of amides is 1. The molecule has 0 saturated carbocycles. The van der Waals surface area contributed by atoms with Crippen LogP contribution in [0.15, 0.2) is 87.2 Å². The Bertz CT molecular complexity index is 1680. The number of halogens is 1. The number of aliphatic carboxylic acids is 1. The number of carbonyl (C=O) groups excluding carboxylic acids is 1. The third kappa shape index (κ3) is 5.81. The maximum atomic E-state index is 13.7. The number of carbonyl (C=O) groups is 2. The number of hydrazone groups is 1. The Morgan fingerprint density at radius 2 is 1.71 bits per heavy atom. The van der Waals surface area contributed by atoms with Crippen LogP contribution in [-0.2, 0) is 9.59 Å². The van der Waals surface area contributed by atoms with Crippen molar-refractivity contribution in [3.63, 3.8) is 0 Å². The van der Waals surface area contributed by atoms with Gasteiger partial charge in [0.25, 0.3) is 5.56 Å². The molecular weight excluding hydrogens is 584 g/mol. The molecule has 0 aliphatic carbocycles. The molecule has 2 N–H and O–H groups in total. The van der Waals surface area contributed by atoms with E-state index in [-0.39, 0.29) is 18.4 Å². The van der Waals surface area contributed by atoms with E-state index < -0.39 is 17.9 Å². The Morgan fingerprint density at radius 1 is 1.00 bits per heavy atom. The third-order valence-electron chi connectivity index (χ3n) is 7.45. The molecule has 1 aliphatic rings. The number of benzene rings is 3. The first-order valence-electron chi connectivity index (χ1n) is 13.7. The van der Waals surface area contributed by atoms with E-state index in [1.807, 2.05) is 72.8 Å². The fourth-order valence-corrected chi connectivity index (χ4v) is 5.78. The number of carboxylic acids is 1. The predicted molar refractivity (Wildman–Crippen MR) is 165 cm³/mol. The van der Waals surface area contributed by atoms with Crippen LogP contribution in [0.3, 0.4) is 0 Å². The minimum Gasteiger partial charge on any atom is -0.481 e. The van der Waals surface area contributed by atoms with Crippen molar-refractivity contribution in [2.75, 3.05) is 18.0 Å². The zero-order chi connectivity index (χ0) is 29.1. The van der Waals surface area contributed by atoms with E-state index in [4.69, 9.17) is 5.10 Å². The monoisotopic (exact) mass is 614 g/mol. The number of fused-ring (bicyclic) bond motifs is 1. The van der Waals surface area contributed by atoms with Crippen molar-refractivity contribution in [3.05, 3.63) is 98.7 Å². The molecule has 0 spiro atoms. The van der Waals surface area contributed by atoms with E-state index >= 15 is 0 Å². The summed E-state index contributed by atoms with van der Waals surface area (Å²) in [6, 6.07) is 22.9. The first kappa shape index (κ1) is 28.3. The van der Waals surface area contributed by atoms with Gasteiger partial charge in [0.2, 0.25) is 5.91 Å². The molecular formula is C32H31BrN4O4. The Hall–Kier alpha value is -4.24. The van der Waals surface area contributed by atoms with Gasteiger partial charge in [0.1, 0.15) is 0 Å². The largest absolute Gasteiger partial charge is 0.481 e. The summed E-state index contributed by atoms with van der Waals surface area (Å²) in [5, 5.41) is 16.1. The van der Waals surface area contributed by atoms with Gasteiger partial charge >= 0.3 is 5.97 Å². The smallest absolute Gasteiger partial charge is 0.303 e. The quantitative estimate of drug-likeness (QED) is 0.229. The second kappa shape index (κ2) is 12.1. The lowest BCUT2D eigenvalue weighted by Gasteiger charge is -2.24. The molecule has 3 aromatic carbocycles. The zero-order valence-electron chi connectivity index (χ0n) is 22.9. The van der Waals surface area contributed by atoms with Crippen molar-refractivity contribution < 1.29 is 14.7 Å². The second-order valence-corrected chi connectivity index (χ2v) is 10.8. The van der Waals surface area contributed by atoms with Crippen molar-refractivity contribution >= 4 is 50.1 Å². The number of hydrogen-bond acceptors (Lipinski definition) is 5. The number of aromatic nitrogens is 1. The molecule has 1 amide bonds. The van der Waals surface area contributed by atoms with Gasteiger partial charge in [-0.15, -0.1) is 0 Å². The van der Waals surface area contributed by atoms with Crippen LogP contribution in [-0.4, -0.2) is 45.8 Å². The molecule has 8 nitrogen and oxygen atoms in total. The highest BCUT2D eigenvalue weighted by Crippen LogP contribution is 2.38. The first-order valence-corrected chi connectivity index (χ1v) is 14.5. The van der Waals surface area contributed by atoms with Crippen LogP contribution in [0.4, 0.5) is 5.69 Å². The van der Waals surface area contributed by atoms with Gasteiger partial charge in [-0.2, -0.15) is 5.10 Å². The van der Waals surface area contributed by atoms with E-state index in [0.29, 0.717) is 23.2 Å². The average molecular weight is 616 g/mol. The number of nitrogens with one attached hydrogen (secondary N) is 1. The summed E-state index contributed by atoms with van der Waals surface area (Å²) < 4.78 is 0.866. The minimum atomic E-state index is -1.05. The lowest BCUT2D eigenvalue weighted by atomic mass is 9.91. The van der Waals surface area contributed by atoms with E-state index in [2.05, 4.69) is 39.7 Å². The van der Waals surface area contributed by atoms with Crippen LogP contribution in [0.5, 0.6) is 0 Å². The minimum absolute atomic E-state index is 0.188. The summed E-state index contributed by atoms with van der Waals surface area (Å²) in [5.41, 5.74) is 4.81. The molecule has 0 fully saturated rings. The summed E-state index contributed by atoms with van der Waals surface area (Å²) in [6.45, 7) is 5.94. The lowest BCUT2D eigenvalue weighted by molar-refractivity contribution is -0.141. The Balaban J connectivity index is 1.64. The molecule has 9 heteroatoms. The molecule has 210 valence electrons. The van der Waals surface area contributed by atoms with Crippen molar-refractivity contribution in [2.45, 2.75) is 39.2 Å². The Labute approximate surface area is 246 Å². The van der Waals surface area contributed by atoms with Gasteiger partial charge in [0, 0.05) is 52.6 Å². The number of pyridine rings is 1. The molecule has 1 unspecified atom stereocenters. The van der Waals surface area contributed by atoms with Crippen LogP contribution in [0, 0.1) is 0 Å². The fraction of sp³-hybridized carbons (Fsp3) is 0.250. The van der Waals surface area contributed by atoms with Crippen LogP contribution >= 0.6 is 15.9 Å². The SMILES string of the molecule is CCN(CC)c1ccc(C2CC(c3c(-c4ccccc4)c4cc(Br)ccc4[nH]c3=O)=NN2C(=O)CCC(=O)O)cc1. The number of rotatable bonds is 9. The van der Waals surface area contributed by atoms with Gasteiger partial charge in [-0.25, -0.2) is 5.01 Å². The summed E-state index contributed by atoms with van der Waals surface area (Å²) in [6.07, 6.45) is -0.174. The highest BCUT2D eigenvalue weighted by Gasteiger charge is 2.35. The molecule has 0 radical (unpaired) electrons. The third-order valence-corrected chi connectivity index (χ3v) is 7.95.